The number of hydrogen-bond donors (Lipinski definition) is 2. The van der Waals surface area contributed by atoms with Crippen LogP contribution in [0.2, 0.25) is 0 Å². The van der Waals surface area contributed by atoms with Crippen molar-refractivity contribution in [2.24, 2.45) is 0 Å². The highest BCUT2D eigenvalue weighted by Gasteiger charge is 2.31. The molecule has 2 N–H and O–H groups in total. The van der Waals surface area contributed by atoms with Crippen LogP contribution in [0.5, 0.6) is 0 Å². The fourth-order valence-electron chi connectivity index (χ4n) is 1.85. The standard InChI is InChI=1S/C15H12BrF3N2O3S/c16-11-4-2-5-12(8-11)21-14(22)9-20-25(23,24)13-6-1-3-10(7-13)15(17,18)19/h1-8,20H,9H2,(H,21,22). The fraction of sp³-hybridized carbons (Fsp3) is 0.133. The van der Waals surface area contributed by atoms with E-state index in [0.29, 0.717) is 11.8 Å². The van der Waals surface area contributed by atoms with Crippen LogP contribution in [0.15, 0.2) is 57.9 Å². The average Bonchev–Trinajstić information content (AvgIpc) is 2.52. The second kappa shape index (κ2) is 7.54. The molecule has 0 fully saturated rings. The summed E-state index contributed by atoms with van der Waals surface area (Å²) in [6.07, 6.45) is -4.66. The lowest BCUT2D eigenvalue weighted by atomic mass is 10.2. The SMILES string of the molecule is O=C(CNS(=O)(=O)c1cccc(C(F)(F)F)c1)Nc1cccc(Br)c1. The molecule has 10 heteroatoms. The zero-order valence-electron chi connectivity index (χ0n) is 12.5. The number of rotatable bonds is 5. The highest BCUT2D eigenvalue weighted by molar-refractivity contribution is 9.10. The molecule has 0 saturated carbocycles. The van der Waals surface area contributed by atoms with E-state index in [1.54, 1.807) is 24.3 Å². The average molecular weight is 437 g/mol. The van der Waals surface area contributed by atoms with Crippen molar-refractivity contribution < 1.29 is 26.4 Å². The van der Waals surface area contributed by atoms with Crippen molar-refractivity contribution in [3.05, 3.63) is 58.6 Å². The minimum Gasteiger partial charge on any atom is -0.325 e. The number of amides is 1. The molecular formula is C15H12BrF3N2O3S. The summed E-state index contributed by atoms with van der Waals surface area (Å²) in [5.41, 5.74) is -0.647. The van der Waals surface area contributed by atoms with Crippen LogP contribution in [0.1, 0.15) is 5.56 Å². The number of hydrogen-bond acceptors (Lipinski definition) is 3. The Hall–Kier alpha value is -1.91. The summed E-state index contributed by atoms with van der Waals surface area (Å²) in [5.74, 6) is -0.659. The molecule has 0 spiro atoms. The summed E-state index contributed by atoms with van der Waals surface area (Å²) in [7, 11) is -4.26. The third kappa shape index (κ3) is 5.55. The van der Waals surface area contributed by atoms with Gasteiger partial charge in [-0.3, -0.25) is 4.79 Å². The zero-order chi connectivity index (χ0) is 18.7. The number of alkyl halides is 3. The van der Waals surface area contributed by atoms with Crippen molar-refractivity contribution in [1.29, 1.82) is 0 Å². The lowest BCUT2D eigenvalue weighted by Crippen LogP contribution is -2.33. The number of halogens is 4. The van der Waals surface area contributed by atoms with E-state index in [9.17, 15) is 26.4 Å². The normalized spacial score (nSPS) is 12.0. The first-order valence-corrected chi connectivity index (χ1v) is 9.08. The van der Waals surface area contributed by atoms with Crippen molar-refractivity contribution in [3.8, 4) is 0 Å². The van der Waals surface area contributed by atoms with E-state index in [2.05, 4.69) is 21.2 Å². The maximum Gasteiger partial charge on any atom is 0.416 e. The maximum absolute atomic E-state index is 12.7. The molecule has 0 aliphatic carbocycles. The first-order valence-electron chi connectivity index (χ1n) is 6.80. The van der Waals surface area contributed by atoms with E-state index < -0.39 is 39.1 Å². The summed E-state index contributed by atoms with van der Waals surface area (Å²) < 4.78 is 64.8. The largest absolute Gasteiger partial charge is 0.416 e. The van der Waals surface area contributed by atoms with Gasteiger partial charge in [-0.1, -0.05) is 28.1 Å². The Bertz CT molecular complexity index is 886. The fourth-order valence-corrected chi connectivity index (χ4v) is 3.28. The van der Waals surface area contributed by atoms with Gasteiger partial charge in [-0.2, -0.15) is 13.2 Å². The maximum atomic E-state index is 12.7. The molecule has 0 unspecified atom stereocenters. The third-order valence-corrected chi connectivity index (χ3v) is 4.89. The van der Waals surface area contributed by atoms with Gasteiger partial charge >= 0.3 is 6.18 Å². The molecule has 0 aromatic heterocycles. The lowest BCUT2D eigenvalue weighted by molar-refractivity contribution is -0.137. The highest BCUT2D eigenvalue weighted by atomic mass is 79.9. The van der Waals surface area contributed by atoms with E-state index in [1.165, 1.54) is 0 Å². The molecule has 134 valence electrons. The van der Waals surface area contributed by atoms with Gasteiger partial charge in [0.25, 0.3) is 0 Å². The summed E-state index contributed by atoms with van der Waals surface area (Å²) in [4.78, 5) is 11.2. The molecule has 2 aromatic rings. The number of sulfonamides is 1. The summed E-state index contributed by atoms with van der Waals surface area (Å²) >= 11 is 3.22. The van der Waals surface area contributed by atoms with Crippen LogP contribution >= 0.6 is 15.9 Å². The van der Waals surface area contributed by atoms with Gasteiger partial charge in [-0.15, -0.1) is 0 Å². The molecule has 0 radical (unpaired) electrons. The summed E-state index contributed by atoms with van der Waals surface area (Å²) in [5, 5.41) is 2.47. The Morgan fingerprint density at radius 2 is 1.76 bits per heavy atom. The van der Waals surface area contributed by atoms with Crippen molar-refractivity contribution >= 4 is 37.5 Å². The monoisotopic (exact) mass is 436 g/mol. The Morgan fingerprint density at radius 3 is 2.40 bits per heavy atom. The van der Waals surface area contributed by atoms with Gasteiger partial charge in [0.05, 0.1) is 17.0 Å². The second-order valence-corrected chi connectivity index (χ2v) is 7.59. The molecule has 0 aliphatic rings. The summed E-state index contributed by atoms with van der Waals surface area (Å²) in [6, 6.07) is 9.90. The van der Waals surface area contributed by atoms with Crippen molar-refractivity contribution in [3.63, 3.8) is 0 Å². The Labute approximate surface area is 150 Å². The minimum absolute atomic E-state index is 0.442. The molecule has 0 atom stereocenters. The number of carbonyl (C=O) groups excluding carboxylic acids is 1. The van der Waals surface area contributed by atoms with E-state index in [4.69, 9.17) is 0 Å². The molecule has 5 nitrogen and oxygen atoms in total. The lowest BCUT2D eigenvalue weighted by Gasteiger charge is -2.10. The third-order valence-electron chi connectivity index (χ3n) is 3.00. The van der Waals surface area contributed by atoms with Gasteiger partial charge in [0.2, 0.25) is 15.9 Å². The van der Waals surface area contributed by atoms with Gasteiger partial charge in [-0.05, 0) is 36.4 Å². The van der Waals surface area contributed by atoms with Crippen LogP contribution in [0, 0.1) is 0 Å². The number of nitrogens with one attached hydrogen (secondary N) is 2. The Kier molecular flexibility index (Phi) is 5.86. The number of carbonyl (C=O) groups is 1. The van der Waals surface area contributed by atoms with Gasteiger partial charge in [0.15, 0.2) is 0 Å². The molecule has 1 amide bonds. The first kappa shape index (κ1) is 19.4. The van der Waals surface area contributed by atoms with Crippen LogP contribution in [-0.2, 0) is 21.0 Å². The van der Waals surface area contributed by atoms with Crippen LogP contribution < -0.4 is 10.0 Å². The molecule has 2 aromatic carbocycles. The Morgan fingerprint density at radius 1 is 1.08 bits per heavy atom. The van der Waals surface area contributed by atoms with Gasteiger partial charge in [0.1, 0.15) is 0 Å². The molecule has 2 rings (SSSR count). The van der Waals surface area contributed by atoms with E-state index in [1.807, 2.05) is 4.72 Å². The van der Waals surface area contributed by atoms with Crippen molar-refractivity contribution in [2.45, 2.75) is 11.1 Å². The second-order valence-electron chi connectivity index (χ2n) is 4.91. The van der Waals surface area contributed by atoms with Crippen molar-refractivity contribution in [1.82, 2.24) is 4.72 Å². The molecular weight excluding hydrogens is 425 g/mol. The molecule has 0 bridgehead atoms. The van der Waals surface area contributed by atoms with Crippen LogP contribution in [0.3, 0.4) is 0 Å². The Balaban J connectivity index is 2.05. The molecule has 0 heterocycles. The topological polar surface area (TPSA) is 75.3 Å². The number of benzene rings is 2. The zero-order valence-corrected chi connectivity index (χ0v) is 14.9. The highest BCUT2D eigenvalue weighted by Crippen LogP contribution is 2.30. The van der Waals surface area contributed by atoms with Crippen molar-refractivity contribution in [2.75, 3.05) is 11.9 Å². The van der Waals surface area contributed by atoms with Crippen LogP contribution in [0.4, 0.5) is 18.9 Å². The predicted octanol–water partition coefficient (Wildman–Crippen LogP) is 3.38. The van der Waals surface area contributed by atoms with E-state index in [-0.39, 0.29) is 0 Å². The van der Waals surface area contributed by atoms with E-state index >= 15 is 0 Å². The summed E-state index contributed by atoms with van der Waals surface area (Å²) in [6.45, 7) is -0.620. The molecule has 0 aliphatic heterocycles. The van der Waals surface area contributed by atoms with Crippen LogP contribution in [0.25, 0.3) is 0 Å². The molecule has 0 saturated heterocycles. The van der Waals surface area contributed by atoms with E-state index in [0.717, 1.165) is 22.7 Å². The predicted molar refractivity (Wildman–Crippen MR) is 89.4 cm³/mol. The molecule has 25 heavy (non-hydrogen) atoms. The van der Waals surface area contributed by atoms with Crippen LogP contribution in [-0.4, -0.2) is 20.9 Å². The first-order chi connectivity index (χ1) is 11.6. The van der Waals surface area contributed by atoms with Gasteiger partial charge in [-0.25, -0.2) is 13.1 Å². The smallest absolute Gasteiger partial charge is 0.325 e. The quantitative estimate of drug-likeness (QED) is 0.754. The minimum atomic E-state index is -4.66. The van der Waals surface area contributed by atoms with Gasteiger partial charge in [0, 0.05) is 10.2 Å². The van der Waals surface area contributed by atoms with Gasteiger partial charge < -0.3 is 5.32 Å². The number of anilines is 1.